The van der Waals surface area contributed by atoms with Crippen molar-refractivity contribution in [3.8, 4) is 0 Å². The lowest BCUT2D eigenvalue weighted by Crippen LogP contribution is -2.40. The normalized spacial score (nSPS) is 14.7. The molecule has 1 N–H and O–H groups in total. The lowest BCUT2D eigenvalue weighted by atomic mass is 10.0. The number of amides is 1. The van der Waals surface area contributed by atoms with Gasteiger partial charge in [0.25, 0.3) is 5.69 Å². The lowest BCUT2D eigenvalue weighted by molar-refractivity contribution is -0.384. The molecule has 0 spiro atoms. The van der Waals surface area contributed by atoms with Gasteiger partial charge in [0.2, 0.25) is 15.9 Å². The van der Waals surface area contributed by atoms with E-state index in [0.29, 0.717) is 0 Å². The molecule has 3 rings (SSSR count). The van der Waals surface area contributed by atoms with Crippen LogP contribution in [0.2, 0.25) is 0 Å². The number of non-ortho nitro benzene ring substituents is 1. The second-order valence-corrected chi connectivity index (χ2v) is 9.84. The highest BCUT2D eigenvalue weighted by molar-refractivity contribution is 7.92. The number of hydrogen-bond acceptors (Lipinski definition) is 6. The van der Waals surface area contributed by atoms with E-state index in [4.69, 9.17) is 0 Å². The van der Waals surface area contributed by atoms with Gasteiger partial charge in [-0.2, -0.15) is 0 Å². The molecule has 0 radical (unpaired) electrons. The Kier molecular flexibility index (Phi) is 7.81. The first-order valence-corrected chi connectivity index (χ1v) is 12.4. The SMILES string of the molecule is CS(=O)(=O)N(CC(=O)NCc1ccccc1CN1CCCCC1)c1cccc([N+](=O)[O-])c1. The molecule has 32 heavy (non-hydrogen) atoms. The van der Waals surface area contributed by atoms with Crippen LogP contribution in [-0.2, 0) is 27.9 Å². The van der Waals surface area contributed by atoms with Crippen LogP contribution >= 0.6 is 0 Å². The molecule has 0 atom stereocenters. The Morgan fingerprint density at radius 1 is 1.09 bits per heavy atom. The molecule has 2 aromatic carbocycles. The Morgan fingerprint density at radius 3 is 2.44 bits per heavy atom. The zero-order valence-electron chi connectivity index (χ0n) is 18.1. The van der Waals surface area contributed by atoms with Gasteiger partial charge < -0.3 is 5.32 Å². The van der Waals surface area contributed by atoms with E-state index in [-0.39, 0.29) is 17.9 Å². The third-order valence-electron chi connectivity index (χ3n) is 5.45. The fourth-order valence-corrected chi connectivity index (χ4v) is 4.63. The second kappa shape index (κ2) is 10.6. The van der Waals surface area contributed by atoms with Crippen LogP contribution in [0.25, 0.3) is 0 Å². The first kappa shape index (κ1) is 23.7. The number of sulfonamides is 1. The van der Waals surface area contributed by atoms with Gasteiger partial charge in [-0.25, -0.2) is 8.42 Å². The highest BCUT2D eigenvalue weighted by Gasteiger charge is 2.22. The average Bonchev–Trinajstić information content (AvgIpc) is 2.77. The summed E-state index contributed by atoms with van der Waals surface area (Å²) in [6.07, 6.45) is 4.61. The second-order valence-electron chi connectivity index (χ2n) is 7.93. The smallest absolute Gasteiger partial charge is 0.271 e. The number of nitrogens with zero attached hydrogens (tertiary/aromatic N) is 3. The third kappa shape index (κ3) is 6.51. The Labute approximate surface area is 188 Å². The number of likely N-dealkylation sites (tertiary alicyclic amines) is 1. The predicted molar refractivity (Wildman–Crippen MR) is 123 cm³/mol. The maximum atomic E-state index is 12.6. The third-order valence-corrected chi connectivity index (χ3v) is 6.59. The highest BCUT2D eigenvalue weighted by atomic mass is 32.2. The average molecular weight is 461 g/mol. The number of carbonyl (C=O) groups excluding carboxylic acids is 1. The minimum atomic E-state index is -3.82. The summed E-state index contributed by atoms with van der Waals surface area (Å²) in [6.45, 7) is 2.75. The molecule has 1 fully saturated rings. The van der Waals surface area contributed by atoms with E-state index in [1.807, 2.05) is 24.3 Å². The molecule has 1 heterocycles. The zero-order valence-corrected chi connectivity index (χ0v) is 18.9. The van der Waals surface area contributed by atoms with Crippen molar-refractivity contribution in [3.05, 3.63) is 69.8 Å². The number of nitrogens with one attached hydrogen (secondary N) is 1. The van der Waals surface area contributed by atoms with Crippen LogP contribution in [0.3, 0.4) is 0 Å². The number of piperidine rings is 1. The maximum absolute atomic E-state index is 12.6. The van der Waals surface area contributed by atoms with Gasteiger partial charge in [-0.05, 0) is 43.1 Å². The number of nitro benzene ring substituents is 1. The summed E-state index contributed by atoms with van der Waals surface area (Å²) in [5.74, 6) is -0.491. The molecule has 9 nitrogen and oxygen atoms in total. The van der Waals surface area contributed by atoms with Crippen LogP contribution in [0, 0.1) is 10.1 Å². The molecular weight excluding hydrogens is 432 g/mol. The molecule has 0 unspecified atom stereocenters. The number of hydrogen-bond donors (Lipinski definition) is 1. The van der Waals surface area contributed by atoms with Gasteiger partial charge in [0.05, 0.1) is 16.9 Å². The first-order valence-electron chi connectivity index (χ1n) is 10.5. The summed E-state index contributed by atoms with van der Waals surface area (Å²) in [5, 5.41) is 13.8. The van der Waals surface area contributed by atoms with Crippen LogP contribution in [0.5, 0.6) is 0 Å². The quantitative estimate of drug-likeness (QED) is 0.455. The predicted octanol–water partition coefficient (Wildman–Crippen LogP) is 2.66. The van der Waals surface area contributed by atoms with Gasteiger partial charge in [-0.3, -0.25) is 24.1 Å². The van der Waals surface area contributed by atoms with Gasteiger partial charge in [-0.15, -0.1) is 0 Å². The minimum absolute atomic E-state index is 0.0716. The Hall–Kier alpha value is -2.98. The van der Waals surface area contributed by atoms with Crippen molar-refractivity contribution in [3.63, 3.8) is 0 Å². The van der Waals surface area contributed by atoms with E-state index in [2.05, 4.69) is 10.2 Å². The molecule has 172 valence electrons. The van der Waals surface area contributed by atoms with Gasteiger partial charge in [0.1, 0.15) is 6.54 Å². The highest BCUT2D eigenvalue weighted by Crippen LogP contribution is 2.23. The van der Waals surface area contributed by atoms with Gasteiger partial charge >= 0.3 is 0 Å². The topological polar surface area (TPSA) is 113 Å². The van der Waals surface area contributed by atoms with E-state index >= 15 is 0 Å². The fourth-order valence-electron chi connectivity index (χ4n) is 3.78. The monoisotopic (exact) mass is 460 g/mol. The van der Waals surface area contributed by atoms with Gasteiger partial charge in [0, 0.05) is 25.2 Å². The van der Waals surface area contributed by atoms with E-state index in [1.165, 1.54) is 37.5 Å². The Balaban J connectivity index is 1.68. The van der Waals surface area contributed by atoms with Crippen LogP contribution in [-0.4, -0.2) is 50.0 Å². The first-order chi connectivity index (χ1) is 15.2. The summed E-state index contributed by atoms with van der Waals surface area (Å²) in [6, 6.07) is 13.1. The molecular formula is C22H28N4O5S. The van der Waals surface area contributed by atoms with Crippen LogP contribution in [0.1, 0.15) is 30.4 Å². The Bertz CT molecular complexity index is 1070. The van der Waals surface area contributed by atoms with Crippen molar-refractivity contribution in [2.45, 2.75) is 32.4 Å². The van der Waals surface area contributed by atoms with Crippen LogP contribution < -0.4 is 9.62 Å². The molecule has 0 aliphatic carbocycles. The number of benzene rings is 2. The van der Waals surface area contributed by atoms with Crippen molar-refractivity contribution in [1.82, 2.24) is 10.2 Å². The van der Waals surface area contributed by atoms with Crippen LogP contribution in [0.4, 0.5) is 11.4 Å². The summed E-state index contributed by atoms with van der Waals surface area (Å²) in [4.78, 5) is 25.4. The van der Waals surface area contributed by atoms with Crippen molar-refractivity contribution >= 4 is 27.3 Å². The van der Waals surface area contributed by atoms with E-state index in [0.717, 1.165) is 47.4 Å². The molecule has 10 heteroatoms. The largest absolute Gasteiger partial charge is 0.350 e. The summed E-state index contributed by atoms with van der Waals surface area (Å²) in [7, 11) is -3.82. The molecule has 1 amide bonds. The molecule has 2 aromatic rings. The van der Waals surface area contributed by atoms with Crippen LogP contribution in [0.15, 0.2) is 48.5 Å². The molecule has 1 saturated heterocycles. The lowest BCUT2D eigenvalue weighted by Gasteiger charge is -2.27. The number of rotatable bonds is 9. The van der Waals surface area contributed by atoms with Crippen molar-refractivity contribution in [1.29, 1.82) is 0 Å². The van der Waals surface area contributed by atoms with Crippen molar-refractivity contribution in [2.75, 3.05) is 30.2 Å². The van der Waals surface area contributed by atoms with E-state index in [9.17, 15) is 23.3 Å². The molecule has 1 aliphatic rings. The number of anilines is 1. The fraction of sp³-hybridized carbons (Fsp3) is 0.409. The van der Waals surface area contributed by atoms with Gasteiger partial charge in [0.15, 0.2) is 0 Å². The molecule has 1 aliphatic heterocycles. The molecule has 0 aromatic heterocycles. The minimum Gasteiger partial charge on any atom is -0.350 e. The standard InChI is InChI=1S/C22H28N4O5S/c1-32(30,31)25(20-10-7-11-21(14-20)26(28)29)17-22(27)23-15-18-8-3-4-9-19(18)16-24-12-5-2-6-13-24/h3-4,7-11,14H,2,5-6,12-13,15-17H2,1H3,(H,23,27). The summed E-state index contributed by atoms with van der Waals surface area (Å²) >= 11 is 0. The van der Waals surface area contributed by atoms with E-state index < -0.39 is 27.4 Å². The van der Waals surface area contributed by atoms with Crippen molar-refractivity contribution < 1.29 is 18.1 Å². The number of nitro groups is 1. The Morgan fingerprint density at radius 2 is 1.78 bits per heavy atom. The summed E-state index contributed by atoms with van der Waals surface area (Å²) < 4.78 is 25.4. The zero-order chi connectivity index (χ0) is 23.1. The van der Waals surface area contributed by atoms with E-state index in [1.54, 1.807) is 0 Å². The summed E-state index contributed by atoms with van der Waals surface area (Å²) in [5.41, 5.74) is 1.94. The maximum Gasteiger partial charge on any atom is 0.271 e. The number of carbonyl (C=O) groups is 1. The molecule has 0 saturated carbocycles. The molecule has 0 bridgehead atoms. The van der Waals surface area contributed by atoms with Crippen molar-refractivity contribution in [2.24, 2.45) is 0 Å². The van der Waals surface area contributed by atoms with Gasteiger partial charge in [-0.1, -0.05) is 36.8 Å².